The van der Waals surface area contributed by atoms with Gasteiger partial charge < -0.3 is 23.5 Å². The topological polar surface area (TPSA) is 74.0 Å². The molecule has 0 amide bonds. The van der Waals surface area contributed by atoms with Crippen molar-refractivity contribution < 1.29 is 23.4 Å². The van der Waals surface area contributed by atoms with E-state index in [0.717, 1.165) is 48.6 Å². The molecule has 0 atom stereocenters. The molecular formula is C35H43ClN2O5. The molecule has 0 fully saturated rings. The zero-order valence-corrected chi connectivity index (χ0v) is 26.6. The zero-order valence-electron chi connectivity index (χ0n) is 25.8. The van der Waals surface area contributed by atoms with Crippen molar-refractivity contribution in [1.82, 2.24) is 9.88 Å². The molecule has 230 valence electrons. The van der Waals surface area contributed by atoms with E-state index in [-0.39, 0.29) is 18.4 Å². The molecule has 0 saturated carbocycles. The minimum Gasteiger partial charge on any atom is -0.493 e. The Balaban J connectivity index is 0.00000506. The number of esters is 1. The average molecular weight is 607 g/mol. The molecule has 3 aromatic carbocycles. The maximum Gasteiger partial charge on any atom is 0.349 e. The van der Waals surface area contributed by atoms with Gasteiger partial charge in [0.1, 0.15) is 17.3 Å². The number of carbonyl (C=O) groups is 1. The van der Waals surface area contributed by atoms with Crippen LogP contribution in [0.2, 0.25) is 0 Å². The van der Waals surface area contributed by atoms with Crippen molar-refractivity contribution in [2.75, 3.05) is 32.8 Å². The van der Waals surface area contributed by atoms with E-state index in [0.29, 0.717) is 37.0 Å². The fourth-order valence-corrected chi connectivity index (χ4v) is 4.59. The lowest BCUT2D eigenvalue weighted by Crippen LogP contribution is -2.40. The highest BCUT2D eigenvalue weighted by atomic mass is 35.5. The number of aryl methyl sites for hydroxylation is 1. The van der Waals surface area contributed by atoms with Crippen LogP contribution in [0, 0.1) is 6.92 Å². The van der Waals surface area contributed by atoms with Crippen LogP contribution in [0.4, 0.5) is 0 Å². The number of rotatable bonds is 15. The van der Waals surface area contributed by atoms with Crippen LogP contribution in [-0.2, 0) is 16.0 Å². The Bertz CT molecular complexity index is 1400. The van der Waals surface area contributed by atoms with Gasteiger partial charge in [0.15, 0.2) is 5.60 Å². The summed E-state index contributed by atoms with van der Waals surface area (Å²) in [5.41, 5.74) is 3.04. The third-order valence-corrected chi connectivity index (χ3v) is 7.17. The van der Waals surface area contributed by atoms with Crippen molar-refractivity contribution in [3.8, 4) is 34.1 Å². The Labute approximate surface area is 261 Å². The molecule has 8 heteroatoms. The molecule has 7 nitrogen and oxygen atoms in total. The molecule has 0 radical (unpaired) electrons. The van der Waals surface area contributed by atoms with E-state index in [2.05, 4.69) is 43.0 Å². The summed E-state index contributed by atoms with van der Waals surface area (Å²) in [7, 11) is 0. The van der Waals surface area contributed by atoms with Gasteiger partial charge in [-0.25, -0.2) is 9.78 Å². The SMILES string of the molecule is CCN(CC)CCCOC(=O)C(C)(C)Oc1ccc(OCCc2nc(-c3ccc(-c4ccccc4)cc3)oc2C)cc1.Cl. The summed E-state index contributed by atoms with van der Waals surface area (Å²) in [5.74, 6) is 2.29. The molecule has 0 bridgehead atoms. The summed E-state index contributed by atoms with van der Waals surface area (Å²) in [5, 5.41) is 0. The van der Waals surface area contributed by atoms with E-state index in [9.17, 15) is 4.79 Å². The Morgan fingerprint density at radius 3 is 2.09 bits per heavy atom. The predicted octanol–water partition coefficient (Wildman–Crippen LogP) is 7.79. The van der Waals surface area contributed by atoms with E-state index in [1.54, 1.807) is 26.0 Å². The van der Waals surface area contributed by atoms with Crippen molar-refractivity contribution >= 4 is 18.4 Å². The van der Waals surface area contributed by atoms with Crippen LogP contribution < -0.4 is 9.47 Å². The minimum absolute atomic E-state index is 0. The molecule has 4 rings (SSSR count). The highest BCUT2D eigenvalue weighted by Gasteiger charge is 2.31. The van der Waals surface area contributed by atoms with Crippen LogP contribution in [0.15, 0.2) is 83.3 Å². The summed E-state index contributed by atoms with van der Waals surface area (Å²) in [6, 6.07) is 25.8. The monoisotopic (exact) mass is 606 g/mol. The van der Waals surface area contributed by atoms with Crippen molar-refractivity contribution in [3.63, 3.8) is 0 Å². The van der Waals surface area contributed by atoms with E-state index in [4.69, 9.17) is 23.6 Å². The smallest absolute Gasteiger partial charge is 0.349 e. The van der Waals surface area contributed by atoms with Crippen LogP contribution in [0.5, 0.6) is 11.5 Å². The molecule has 0 aliphatic carbocycles. The highest BCUT2D eigenvalue weighted by molar-refractivity contribution is 5.85. The lowest BCUT2D eigenvalue weighted by atomic mass is 10.0. The normalized spacial score (nSPS) is 11.2. The van der Waals surface area contributed by atoms with Gasteiger partial charge in [-0.1, -0.05) is 56.3 Å². The summed E-state index contributed by atoms with van der Waals surface area (Å²) >= 11 is 0. The lowest BCUT2D eigenvalue weighted by molar-refractivity contribution is -0.159. The molecule has 0 spiro atoms. The number of hydrogen-bond acceptors (Lipinski definition) is 7. The van der Waals surface area contributed by atoms with Crippen molar-refractivity contribution in [1.29, 1.82) is 0 Å². The number of aromatic nitrogens is 1. The molecule has 0 unspecified atom stereocenters. The van der Waals surface area contributed by atoms with Gasteiger partial charge in [-0.05, 0) is 87.8 Å². The molecule has 43 heavy (non-hydrogen) atoms. The third kappa shape index (κ3) is 9.60. The number of benzene rings is 3. The second kappa shape index (κ2) is 16.1. The maximum absolute atomic E-state index is 12.6. The Morgan fingerprint density at radius 2 is 1.44 bits per heavy atom. The molecule has 1 aromatic heterocycles. The van der Waals surface area contributed by atoms with Gasteiger partial charge in [0.25, 0.3) is 0 Å². The minimum atomic E-state index is -1.10. The largest absolute Gasteiger partial charge is 0.493 e. The van der Waals surface area contributed by atoms with E-state index >= 15 is 0 Å². The zero-order chi connectivity index (χ0) is 30.0. The molecule has 1 heterocycles. The number of halogens is 1. The summed E-state index contributed by atoms with van der Waals surface area (Å²) < 4.78 is 23.3. The molecule has 0 aliphatic heterocycles. The number of nitrogens with zero attached hydrogens (tertiary/aromatic N) is 2. The summed E-state index contributed by atoms with van der Waals surface area (Å²) in [6.45, 7) is 13.3. The molecule has 0 aliphatic rings. The van der Waals surface area contributed by atoms with Gasteiger partial charge >= 0.3 is 5.97 Å². The number of hydrogen-bond donors (Lipinski definition) is 0. The first-order chi connectivity index (χ1) is 20.3. The van der Waals surface area contributed by atoms with Crippen molar-refractivity contribution in [2.45, 2.75) is 53.1 Å². The fourth-order valence-electron chi connectivity index (χ4n) is 4.59. The van der Waals surface area contributed by atoms with Crippen LogP contribution in [0.1, 0.15) is 45.6 Å². The van der Waals surface area contributed by atoms with E-state index in [1.807, 2.05) is 49.4 Å². The van der Waals surface area contributed by atoms with Crippen LogP contribution >= 0.6 is 12.4 Å². The standard InChI is InChI=1S/C35H42N2O5.ClH/c1-6-37(7-2)23-11-24-40-34(38)35(4,5)42-31-20-18-30(19-21-31)39-25-22-32-26(3)41-33(36-32)29-16-14-28(15-17-29)27-12-9-8-10-13-27;/h8-10,12-21H,6-7,11,22-25H2,1-5H3;1H. The first-order valence-electron chi connectivity index (χ1n) is 14.7. The molecule has 0 saturated heterocycles. The maximum atomic E-state index is 12.6. The summed E-state index contributed by atoms with van der Waals surface area (Å²) in [4.78, 5) is 19.6. The van der Waals surface area contributed by atoms with E-state index in [1.165, 1.54) is 5.56 Å². The van der Waals surface area contributed by atoms with E-state index < -0.39 is 5.60 Å². The van der Waals surface area contributed by atoms with Crippen LogP contribution in [0.3, 0.4) is 0 Å². The molecule has 4 aromatic rings. The fraction of sp³-hybridized carbons (Fsp3) is 0.371. The lowest BCUT2D eigenvalue weighted by Gasteiger charge is -2.25. The van der Waals surface area contributed by atoms with Crippen molar-refractivity contribution in [3.05, 3.63) is 90.3 Å². The Kier molecular flexibility index (Phi) is 12.7. The number of ether oxygens (including phenoxy) is 3. The predicted molar refractivity (Wildman–Crippen MR) is 173 cm³/mol. The quantitative estimate of drug-likeness (QED) is 0.101. The van der Waals surface area contributed by atoms with Gasteiger partial charge in [0, 0.05) is 18.5 Å². The summed E-state index contributed by atoms with van der Waals surface area (Å²) in [6.07, 6.45) is 1.41. The van der Waals surface area contributed by atoms with Gasteiger partial charge in [0.2, 0.25) is 5.89 Å². The van der Waals surface area contributed by atoms with Crippen LogP contribution in [0.25, 0.3) is 22.6 Å². The van der Waals surface area contributed by atoms with Gasteiger partial charge in [-0.3, -0.25) is 0 Å². The average Bonchev–Trinajstić information content (AvgIpc) is 3.38. The number of carbonyl (C=O) groups excluding carboxylic acids is 1. The van der Waals surface area contributed by atoms with Gasteiger partial charge in [0.05, 0.1) is 18.9 Å². The third-order valence-electron chi connectivity index (χ3n) is 7.17. The number of oxazole rings is 1. The Hall–Kier alpha value is -3.81. The first-order valence-corrected chi connectivity index (χ1v) is 14.7. The Morgan fingerprint density at radius 1 is 0.837 bits per heavy atom. The van der Waals surface area contributed by atoms with Crippen LogP contribution in [-0.4, -0.2) is 54.3 Å². The van der Waals surface area contributed by atoms with Gasteiger partial charge in [-0.2, -0.15) is 0 Å². The van der Waals surface area contributed by atoms with Gasteiger partial charge in [-0.15, -0.1) is 12.4 Å². The van der Waals surface area contributed by atoms with Crippen molar-refractivity contribution in [2.24, 2.45) is 0 Å². The highest BCUT2D eigenvalue weighted by Crippen LogP contribution is 2.27. The first kappa shape index (κ1) is 33.7. The molecular weight excluding hydrogens is 564 g/mol. The molecule has 0 N–H and O–H groups in total. The second-order valence-electron chi connectivity index (χ2n) is 10.7. The second-order valence-corrected chi connectivity index (χ2v) is 10.7.